The summed E-state index contributed by atoms with van der Waals surface area (Å²) in [7, 11) is 2.93. The standard InChI is InChI=1S/C13H16O5S/c1-16-8-4-3-5-9(8)18-13(15)11-7-6-10(19-11)12(14)17-2/h6-9H,3-5H2,1-2H3/t8-,9+/m0/s1. The molecule has 0 aromatic carbocycles. The van der Waals surface area contributed by atoms with E-state index in [-0.39, 0.29) is 12.2 Å². The molecule has 1 fully saturated rings. The van der Waals surface area contributed by atoms with Crippen molar-refractivity contribution in [1.82, 2.24) is 0 Å². The maximum absolute atomic E-state index is 12.0. The molecule has 0 N–H and O–H groups in total. The molecule has 1 aromatic heterocycles. The van der Waals surface area contributed by atoms with Gasteiger partial charge in [-0.3, -0.25) is 0 Å². The Hall–Kier alpha value is -1.40. The number of methoxy groups -OCH3 is 2. The number of carbonyl (C=O) groups excluding carboxylic acids is 2. The molecule has 6 heteroatoms. The number of rotatable bonds is 4. The molecule has 0 aliphatic heterocycles. The van der Waals surface area contributed by atoms with Crippen LogP contribution in [-0.4, -0.2) is 38.4 Å². The van der Waals surface area contributed by atoms with Crippen LogP contribution in [0.2, 0.25) is 0 Å². The van der Waals surface area contributed by atoms with Gasteiger partial charge in [0.2, 0.25) is 0 Å². The van der Waals surface area contributed by atoms with Gasteiger partial charge in [0, 0.05) is 7.11 Å². The Morgan fingerprint density at radius 2 is 1.74 bits per heavy atom. The zero-order valence-corrected chi connectivity index (χ0v) is 11.7. The number of hydrogen-bond donors (Lipinski definition) is 0. The van der Waals surface area contributed by atoms with Gasteiger partial charge < -0.3 is 14.2 Å². The largest absolute Gasteiger partial charge is 0.465 e. The molecule has 2 rings (SSSR count). The Morgan fingerprint density at radius 3 is 2.37 bits per heavy atom. The number of hydrogen-bond acceptors (Lipinski definition) is 6. The summed E-state index contributed by atoms with van der Waals surface area (Å²) < 4.78 is 15.3. The fraction of sp³-hybridized carbons (Fsp3) is 0.538. The highest BCUT2D eigenvalue weighted by atomic mass is 32.1. The highest BCUT2D eigenvalue weighted by Gasteiger charge is 2.31. The first-order valence-electron chi connectivity index (χ1n) is 6.07. The third-order valence-corrected chi connectivity index (χ3v) is 4.19. The Bertz CT molecular complexity index is 467. The molecule has 1 aliphatic rings. The van der Waals surface area contributed by atoms with Crippen molar-refractivity contribution >= 4 is 23.3 Å². The van der Waals surface area contributed by atoms with E-state index >= 15 is 0 Å². The van der Waals surface area contributed by atoms with Crippen molar-refractivity contribution in [2.45, 2.75) is 31.5 Å². The summed E-state index contributed by atoms with van der Waals surface area (Å²) in [5.41, 5.74) is 0. The Balaban J connectivity index is 2.00. The van der Waals surface area contributed by atoms with Crippen molar-refractivity contribution in [3.05, 3.63) is 21.9 Å². The lowest BCUT2D eigenvalue weighted by Gasteiger charge is -2.18. The van der Waals surface area contributed by atoms with Gasteiger partial charge in [-0.05, 0) is 31.4 Å². The molecule has 0 saturated heterocycles. The summed E-state index contributed by atoms with van der Waals surface area (Å²) in [4.78, 5) is 24.1. The molecule has 1 aromatic rings. The summed E-state index contributed by atoms with van der Waals surface area (Å²) in [5.74, 6) is -0.853. The Kier molecular flexibility index (Phi) is 4.55. The van der Waals surface area contributed by atoms with E-state index in [1.54, 1.807) is 19.2 Å². The molecule has 1 aliphatic carbocycles. The van der Waals surface area contributed by atoms with Crippen LogP contribution >= 0.6 is 11.3 Å². The van der Waals surface area contributed by atoms with Crippen LogP contribution in [0.3, 0.4) is 0 Å². The predicted molar refractivity (Wildman–Crippen MR) is 69.5 cm³/mol. The van der Waals surface area contributed by atoms with Gasteiger partial charge in [-0.15, -0.1) is 11.3 Å². The normalized spacial score (nSPS) is 22.2. The molecule has 0 unspecified atom stereocenters. The Labute approximate surface area is 115 Å². The Morgan fingerprint density at radius 1 is 1.11 bits per heavy atom. The van der Waals surface area contributed by atoms with Crippen LogP contribution in [-0.2, 0) is 14.2 Å². The van der Waals surface area contributed by atoms with E-state index in [9.17, 15) is 9.59 Å². The summed E-state index contributed by atoms with van der Waals surface area (Å²) in [6.45, 7) is 0. The third kappa shape index (κ3) is 3.13. The van der Waals surface area contributed by atoms with Crippen LogP contribution in [0, 0.1) is 0 Å². The van der Waals surface area contributed by atoms with Gasteiger partial charge in [0.15, 0.2) is 0 Å². The first-order chi connectivity index (χ1) is 9.15. The van der Waals surface area contributed by atoms with Crippen LogP contribution < -0.4 is 0 Å². The van der Waals surface area contributed by atoms with Gasteiger partial charge >= 0.3 is 11.9 Å². The van der Waals surface area contributed by atoms with E-state index in [1.807, 2.05) is 0 Å². The van der Waals surface area contributed by atoms with Crippen molar-refractivity contribution in [3.63, 3.8) is 0 Å². The zero-order valence-electron chi connectivity index (χ0n) is 10.9. The topological polar surface area (TPSA) is 61.8 Å². The van der Waals surface area contributed by atoms with Crippen LogP contribution in [0.4, 0.5) is 0 Å². The summed E-state index contributed by atoms with van der Waals surface area (Å²) in [6, 6.07) is 3.14. The van der Waals surface area contributed by atoms with E-state index in [1.165, 1.54) is 7.11 Å². The average molecular weight is 284 g/mol. The minimum absolute atomic E-state index is 0.0241. The molecule has 0 radical (unpaired) electrons. The second kappa shape index (κ2) is 6.16. The van der Waals surface area contributed by atoms with E-state index in [0.717, 1.165) is 30.6 Å². The molecule has 0 spiro atoms. The fourth-order valence-corrected chi connectivity index (χ4v) is 2.96. The first kappa shape index (κ1) is 14.0. The molecule has 104 valence electrons. The molecule has 0 amide bonds. The number of ether oxygens (including phenoxy) is 3. The number of carbonyl (C=O) groups is 2. The predicted octanol–water partition coefficient (Wildman–Crippen LogP) is 2.26. The van der Waals surface area contributed by atoms with E-state index in [4.69, 9.17) is 9.47 Å². The second-order valence-electron chi connectivity index (χ2n) is 4.30. The molecular weight excluding hydrogens is 268 g/mol. The van der Waals surface area contributed by atoms with Gasteiger partial charge in [0.05, 0.1) is 13.2 Å². The molecule has 5 nitrogen and oxygen atoms in total. The fourth-order valence-electron chi connectivity index (χ4n) is 2.15. The van der Waals surface area contributed by atoms with Crippen LogP contribution in [0.5, 0.6) is 0 Å². The van der Waals surface area contributed by atoms with Crippen LogP contribution in [0.1, 0.15) is 38.6 Å². The molecule has 19 heavy (non-hydrogen) atoms. The van der Waals surface area contributed by atoms with E-state index in [0.29, 0.717) is 9.75 Å². The summed E-state index contributed by atoms with van der Waals surface area (Å²) in [5, 5.41) is 0. The van der Waals surface area contributed by atoms with Crippen molar-refractivity contribution in [1.29, 1.82) is 0 Å². The van der Waals surface area contributed by atoms with Gasteiger partial charge in [-0.1, -0.05) is 0 Å². The molecular formula is C13H16O5S. The summed E-state index contributed by atoms with van der Waals surface area (Å²) >= 11 is 1.08. The van der Waals surface area contributed by atoms with Crippen molar-refractivity contribution in [2.24, 2.45) is 0 Å². The van der Waals surface area contributed by atoms with Crippen LogP contribution in [0.25, 0.3) is 0 Å². The maximum Gasteiger partial charge on any atom is 0.348 e. The first-order valence-corrected chi connectivity index (χ1v) is 6.89. The third-order valence-electron chi connectivity index (χ3n) is 3.15. The highest BCUT2D eigenvalue weighted by Crippen LogP contribution is 2.26. The van der Waals surface area contributed by atoms with Gasteiger partial charge in [0.25, 0.3) is 0 Å². The molecule has 0 bridgehead atoms. The minimum atomic E-state index is -0.445. The van der Waals surface area contributed by atoms with Crippen molar-refractivity contribution in [2.75, 3.05) is 14.2 Å². The molecule has 2 atom stereocenters. The smallest absolute Gasteiger partial charge is 0.348 e. The van der Waals surface area contributed by atoms with Gasteiger partial charge in [-0.2, -0.15) is 0 Å². The molecule has 1 heterocycles. The second-order valence-corrected chi connectivity index (χ2v) is 5.39. The number of esters is 2. The average Bonchev–Trinajstić information content (AvgIpc) is 3.06. The lowest BCUT2D eigenvalue weighted by Crippen LogP contribution is -2.27. The van der Waals surface area contributed by atoms with Crippen molar-refractivity contribution < 1.29 is 23.8 Å². The lowest BCUT2D eigenvalue weighted by molar-refractivity contribution is -0.0203. The SMILES string of the molecule is COC(=O)c1ccc(C(=O)O[C@@H]2CCC[C@@H]2OC)s1. The van der Waals surface area contributed by atoms with Crippen molar-refractivity contribution in [3.8, 4) is 0 Å². The quantitative estimate of drug-likeness (QED) is 0.794. The van der Waals surface area contributed by atoms with Crippen LogP contribution in [0.15, 0.2) is 12.1 Å². The van der Waals surface area contributed by atoms with Gasteiger partial charge in [0.1, 0.15) is 15.9 Å². The van der Waals surface area contributed by atoms with E-state index in [2.05, 4.69) is 4.74 Å². The summed E-state index contributed by atoms with van der Waals surface area (Å²) in [6.07, 6.45) is 2.50. The minimum Gasteiger partial charge on any atom is -0.465 e. The monoisotopic (exact) mass is 284 g/mol. The number of thiophene rings is 1. The van der Waals surface area contributed by atoms with E-state index < -0.39 is 11.9 Å². The highest BCUT2D eigenvalue weighted by molar-refractivity contribution is 7.15. The zero-order chi connectivity index (χ0) is 13.8. The lowest BCUT2D eigenvalue weighted by atomic mass is 10.2. The molecule has 1 saturated carbocycles. The maximum atomic E-state index is 12.0. The van der Waals surface area contributed by atoms with Gasteiger partial charge in [-0.25, -0.2) is 9.59 Å².